The quantitative estimate of drug-likeness (QED) is 0.398. The highest BCUT2D eigenvalue weighted by molar-refractivity contribution is 6.24. The van der Waals surface area contributed by atoms with Crippen LogP contribution in [0, 0.1) is 11.8 Å². The zero-order valence-corrected chi connectivity index (χ0v) is 22.4. The highest BCUT2D eigenvalue weighted by Crippen LogP contribution is 2.53. The van der Waals surface area contributed by atoms with Gasteiger partial charge in [0.15, 0.2) is 11.4 Å². The molecule has 4 rings (SSSR count). The second-order valence-electron chi connectivity index (χ2n) is 10.1. The van der Waals surface area contributed by atoms with Gasteiger partial charge in [0.05, 0.1) is 18.2 Å². The SMILES string of the molecule is CCCOc1ccc(N(C)C)c2c1C(=O)C1=C(O)C3(O)C(=O)C(C(N)=O)=C(O)C(N(C)C)C3CC1C2.Cl. The van der Waals surface area contributed by atoms with E-state index >= 15 is 0 Å². The van der Waals surface area contributed by atoms with E-state index in [0.29, 0.717) is 18.8 Å². The van der Waals surface area contributed by atoms with Gasteiger partial charge in [-0.1, -0.05) is 6.92 Å². The minimum Gasteiger partial charge on any atom is -0.510 e. The third kappa shape index (κ3) is 4.07. The number of nitrogens with zero attached hydrogens (tertiary/aromatic N) is 2. The Morgan fingerprint density at radius 3 is 2.38 bits per heavy atom. The van der Waals surface area contributed by atoms with Crippen molar-refractivity contribution >= 4 is 35.6 Å². The van der Waals surface area contributed by atoms with Crippen LogP contribution in [0.25, 0.3) is 0 Å². The van der Waals surface area contributed by atoms with E-state index in [1.165, 1.54) is 0 Å². The number of anilines is 1. The van der Waals surface area contributed by atoms with Crippen LogP contribution < -0.4 is 15.4 Å². The highest BCUT2D eigenvalue weighted by Gasteiger charge is 2.63. The van der Waals surface area contributed by atoms with Crippen LogP contribution in [0.1, 0.15) is 35.7 Å². The summed E-state index contributed by atoms with van der Waals surface area (Å²) in [5, 5.41) is 34.0. The maximum Gasteiger partial charge on any atom is 0.255 e. The molecular formula is C26H34ClN3O7. The number of benzene rings is 1. The molecule has 11 heteroatoms. The number of halogens is 1. The molecule has 4 atom stereocenters. The van der Waals surface area contributed by atoms with Crippen LogP contribution in [-0.2, 0) is 16.0 Å². The molecule has 10 nitrogen and oxygen atoms in total. The monoisotopic (exact) mass is 535 g/mol. The number of carbonyl (C=O) groups excluding carboxylic acids is 3. The Morgan fingerprint density at radius 2 is 1.84 bits per heavy atom. The van der Waals surface area contributed by atoms with Gasteiger partial charge >= 0.3 is 0 Å². The minimum atomic E-state index is -2.59. The molecule has 3 aliphatic carbocycles. The van der Waals surface area contributed by atoms with E-state index < -0.39 is 58.0 Å². The maximum absolute atomic E-state index is 13.9. The number of aliphatic hydroxyl groups is 3. The van der Waals surface area contributed by atoms with Gasteiger partial charge in [0.1, 0.15) is 22.8 Å². The first-order chi connectivity index (χ1) is 16.9. The van der Waals surface area contributed by atoms with E-state index in [4.69, 9.17) is 10.5 Å². The highest BCUT2D eigenvalue weighted by atomic mass is 35.5. The summed E-state index contributed by atoms with van der Waals surface area (Å²) >= 11 is 0. The molecule has 0 saturated carbocycles. The normalized spacial score (nSPS) is 26.8. The van der Waals surface area contributed by atoms with Crippen molar-refractivity contribution < 1.29 is 34.4 Å². The zero-order chi connectivity index (χ0) is 26.7. The molecular weight excluding hydrogens is 502 g/mol. The molecule has 1 aromatic carbocycles. The molecule has 0 aromatic heterocycles. The number of rotatable bonds is 6. The Balaban J connectivity index is 0.00000380. The topological polar surface area (TPSA) is 154 Å². The minimum absolute atomic E-state index is 0. The molecule has 1 amide bonds. The molecule has 0 aliphatic heterocycles. The average Bonchev–Trinajstić information content (AvgIpc) is 2.79. The standard InChI is InChI=1S/C26H33N3O7.ClH/c1-6-9-36-16-8-7-15(28(2)3)13-10-12-11-14-20(29(4)5)22(31)19(25(27)34)24(33)26(14,35)23(32)17(12)21(30)18(13)16;/h7-8,12,14,20,31-32,35H,6,9-11H2,1-5H3,(H2,27,34);1H. The summed E-state index contributed by atoms with van der Waals surface area (Å²) in [6.07, 6.45) is 1.19. The summed E-state index contributed by atoms with van der Waals surface area (Å²) in [4.78, 5) is 42.8. The zero-order valence-electron chi connectivity index (χ0n) is 21.6. The fourth-order valence-corrected chi connectivity index (χ4v) is 5.97. The van der Waals surface area contributed by atoms with Gasteiger partial charge in [-0.25, -0.2) is 0 Å². The Labute approximate surface area is 221 Å². The number of nitrogens with two attached hydrogens (primary N) is 1. The molecule has 0 spiro atoms. The number of Topliss-reactive ketones (excluding diaryl/α,β-unsaturated/α-hetero) is 2. The van der Waals surface area contributed by atoms with Crippen LogP contribution in [0.15, 0.2) is 34.8 Å². The third-order valence-corrected chi connectivity index (χ3v) is 7.51. The average molecular weight is 536 g/mol. The van der Waals surface area contributed by atoms with Crippen molar-refractivity contribution in [2.24, 2.45) is 17.6 Å². The summed E-state index contributed by atoms with van der Waals surface area (Å²) in [5.74, 6) is -5.48. The number of ketones is 2. The van der Waals surface area contributed by atoms with E-state index in [1.807, 2.05) is 32.0 Å². The van der Waals surface area contributed by atoms with Gasteiger partial charge in [0, 0.05) is 31.3 Å². The molecule has 0 saturated heterocycles. The lowest BCUT2D eigenvalue weighted by Crippen LogP contribution is -2.63. The maximum atomic E-state index is 13.9. The number of allylic oxidation sites excluding steroid dienone is 1. The van der Waals surface area contributed by atoms with Crippen LogP contribution in [0.3, 0.4) is 0 Å². The van der Waals surface area contributed by atoms with Gasteiger partial charge in [-0.3, -0.25) is 19.3 Å². The van der Waals surface area contributed by atoms with E-state index in [9.17, 15) is 29.7 Å². The molecule has 3 aliphatic rings. The molecule has 202 valence electrons. The van der Waals surface area contributed by atoms with E-state index in [2.05, 4.69) is 0 Å². The number of aliphatic hydroxyl groups excluding tert-OH is 2. The van der Waals surface area contributed by atoms with Crippen molar-refractivity contribution in [3.63, 3.8) is 0 Å². The Bertz CT molecular complexity index is 1220. The molecule has 0 bridgehead atoms. The van der Waals surface area contributed by atoms with Crippen LogP contribution in [-0.4, -0.2) is 84.1 Å². The molecule has 0 heterocycles. The fraction of sp³-hybridized carbons (Fsp3) is 0.500. The molecule has 4 unspecified atom stereocenters. The number of hydrogen-bond acceptors (Lipinski definition) is 9. The largest absolute Gasteiger partial charge is 0.510 e. The lowest BCUT2D eigenvalue weighted by molar-refractivity contribution is -0.148. The summed E-state index contributed by atoms with van der Waals surface area (Å²) in [6.45, 7) is 2.33. The first-order valence-corrected chi connectivity index (χ1v) is 12.0. The molecule has 5 N–H and O–H groups in total. The lowest BCUT2D eigenvalue weighted by atomic mass is 9.58. The Kier molecular flexibility index (Phi) is 7.70. The van der Waals surface area contributed by atoms with E-state index in [1.54, 1.807) is 25.1 Å². The first kappa shape index (κ1) is 28.5. The third-order valence-electron chi connectivity index (χ3n) is 7.51. The van der Waals surface area contributed by atoms with Gasteiger partial charge in [0.2, 0.25) is 5.78 Å². The van der Waals surface area contributed by atoms with Crippen molar-refractivity contribution in [2.75, 3.05) is 39.7 Å². The van der Waals surface area contributed by atoms with Gasteiger partial charge in [-0.05, 0) is 57.0 Å². The second-order valence-corrected chi connectivity index (χ2v) is 10.1. The van der Waals surface area contributed by atoms with Crippen molar-refractivity contribution in [3.05, 3.63) is 45.9 Å². The van der Waals surface area contributed by atoms with Crippen LogP contribution in [0.4, 0.5) is 5.69 Å². The first-order valence-electron chi connectivity index (χ1n) is 12.0. The number of likely N-dealkylation sites (N-methyl/N-ethyl adjacent to an activating group) is 1. The Morgan fingerprint density at radius 1 is 1.19 bits per heavy atom. The van der Waals surface area contributed by atoms with Gasteiger partial charge in [-0.2, -0.15) is 0 Å². The fourth-order valence-electron chi connectivity index (χ4n) is 5.97. The van der Waals surface area contributed by atoms with Crippen molar-refractivity contribution in [1.29, 1.82) is 0 Å². The smallest absolute Gasteiger partial charge is 0.255 e. The molecule has 1 aromatic rings. The molecule has 37 heavy (non-hydrogen) atoms. The second kappa shape index (κ2) is 10.00. The van der Waals surface area contributed by atoms with Gasteiger partial charge in [0.25, 0.3) is 5.91 Å². The van der Waals surface area contributed by atoms with Crippen LogP contribution in [0.5, 0.6) is 5.75 Å². The van der Waals surface area contributed by atoms with Crippen LogP contribution in [0.2, 0.25) is 0 Å². The van der Waals surface area contributed by atoms with Gasteiger partial charge in [-0.15, -0.1) is 12.4 Å². The number of ether oxygens (including phenoxy) is 1. The molecule has 0 radical (unpaired) electrons. The predicted octanol–water partition coefficient (Wildman–Crippen LogP) is 1.69. The van der Waals surface area contributed by atoms with Crippen LogP contribution >= 0.6 is 12.4 Å². The van der Waals surface area contributed by atoms with E-state index in [-0.39, 0.29) is 30.0 Å². The predicted molar refractivity (Wildman–Crippen MR) is 139 cm³/mol. The summed E-state index contributed by atoms with van der Waals surface area (Å²) in [7, 11) is 6.97. The number of carbonyl (C=O) groups is 3. The lowest BCUT2D eigenvalue weighted by Gasteiger charge is -2.50. The van der Waals surface area contributed by atoms with Gasteiger partial charge < -0.3 is 30.7 Å². The number of fused-ring (bicyclic) bond motifs is 3. The number of amides is 1. The Hall–Kier alpha value is -3.08. The number of hydrogen-bond donors (Lipinski definition) is 4. The van der Waals surface area contributed by atoms with Crippen molar-refractivity contribution in [3.8, 4) is 5.75 Å². The van der Waals surface area contributed by atoms with E-state index in [0.717, 1.165) is 17.7 Å². The van der Waals surface area contributed by atoms with Crippen molar-refractivity contribution in [1.82, 2.24) is 4.90 Å². The molecule has 0 fully saturated rings. The summed E-state index contributed by atoms with van der Waals surface area (Å²) < 4.78 is 5.86. The number of primary amides is 1. The summed E-state index contributed by atoms with van der Waals surface area (Å²) in [5.41, 5.74) is 3.81. The summed E-state index contributed by atoms with van der Waals surface area (Å²) in [6, 6.07) is 2.61. The van der Waals surface area contributed by atoms with Crippen molar-refractivity contribution in [2.45, 2.75) is 37.8 Å².